The van der Waals surface area contributed by atoms with Gasteiger partial charge in [0.2, 0.25) is 0 Å². The number of rotatable bonds is 2. The van der Waals surface area contributed by atoms with E-state index < -0.39 is 0 Å². The molecular weight excluding hydrogens is 153 g/mol. The standard InChI is InChI=1S/C10H16N.FH/c1-11(2,3)9-10-7-5-4-6-8-10;/h4-8H,9H2,1-3H3;1H/q+1;/p+1. The van der Waals surface area contributed by atoms with Gasteiger partial charge in [-0.05, 0) is 0 Å². The lowest BCUT2D eigenvalue weighted by Gasteiger charge is -2.23. The molecule has 0 aliphatic rings. The molecule has 68 valence electrons. The molecule has 12 heavy (non-hydrogen) atoms. The molecule has 0 heterocycles. The molecular formula is C10H18FN+2. The fourth-order valence-electron chi connectivity index (χ4n) is 1.13. The second kappa shape index (κ2) is 4.21. The number of nitrogens with zero attached hydrogens (tertiary/aromatic N) is 1. The van der Waals surface area contributed by atoms with Crippen molar-refractivity contribution in [3.63, 3.8) is 0 Å². The topological polar surface area (TPSA) is 0 Å². The molecule has 0 fully saturated rings. The molecule has 0 saturated carbocycles. The highest BCUT2D eigenvalue weighted by molar-refractivity contribution is 5.13. The zero-order valence-corrected chi connectivity index (χ0v) is 7.95. The summed E-state index contributed by atoms with van der Waals surface area (Å²) in [6.45, 7) is 1.10. The van der Waals surface area contributed by atoms with Gasteiger partial charge in [-0.25, -0.2) is 0 Å². The van der Waals surface area contributed by atoms with E-state index in [0.717, 1.165) is 11.0 Å². The monoisotopic (exact) mass is 171 g/mol. The predicted octanol–water partition coefficient (Wildman–Crippen LogP) is 2.16. The lowest BCUT2D eigenvalue weighted by molar-refractivity contribution is -0.884. The first-order valence-corrected chi connectivity index (χ1v) is 3.92. The van der Waals surface area contributed by atoms with E-state index in [2.05, 4.69) is 51.5 Å². The predicted molar refractivity (Wildman–Crippen MR) is 51.8 cm³/mol. The second-order valence-electron chi connectivity index (χ2n) is 3.93. The van der Waals surface area contributed by atoms with Crippen LogP contribution in [-0.4, -0.2) is 25.6 Å². The highest BCUT2D eigenvalue weighted by atomic mass is 19.0. The fourth-order valence-corrected chi connectivity index (χ4v) is 1.13. The summed E-state index contributed by atoms with van der Waals surface area (Å²) in [5, 5.41) is 0. The lowest BCUT2D eigenvalue weighted by atomic mass is 10.2. The van der Waals surface area contributed by atoms with Crippen molar-refractivity contribution < 1.29 is 10.6 Å². The van der Waals surface area contributed by atoms with Crippen LogP contribution in [0.1, 0.15) is 6.99 Å². The summed E-state index contributed by atoms with van der Waals surface area (Å²) in [5.74, 6) is 0. The van der Waals surface area contributed by atoms with Gasteiger partial charge >= 0.3 is 1.43 Å². The van der Waals surface area contributed by atoms with Crippen LogP contribution in [0.25, 0.3) is 0 Å². The largest absolute Gasteiger partial charge is 1.00 e. The van der Waals surface area contributed by atoms with Gasteiger partial charge in [0.1, 0.15) is 6.54 Å². The van der Waals surface area contributed by atoms with Crippen molar-refractivity contribution in [3.05, 3.63) is 35.9 Å². The van der Waals surface area contributed by atoms with E-state index in [4.69, 9.17) is 0 Å². The molecule has 1 aromatic carbocycles. The molecule has 0 aliphatic heterocycles. The second-order valence-corrected chi connectivity index (χ2v) is 3.93. The molecule has 0 N–H and O–H groups in total. The molecule has 1 aromatic rings. The van der Waals surface area contributed by atoms with Gasteiger partial charge in [0.15, 0.2) is 0 Å². The van der Waals surface area contributed by atoms with E-state index in [1.165, 1.54) is 5.56 Å². The van der Waals surface area contributed by atoms with Crippen molar-refractivity contribution in [2.75, 3.05) is 21.1 Å². The van der Waals surface area contributed by atoms with E-state index in [0.29, 0.717) is 0 Å². The Morgan fingerprint density at radius 2 is 1.58 bits per heavy atom. The minimum atomic E-state index is 0. The molecule has 1 rings (SSSR count). The molecule has 0 radical (unpaired) electrons. The third-order valence-electron chi connectivity index (χ3n) is 1.50. The Morgan fingerprint density at radius 1 is 1.08 bits per heavy atom. The van der Waals surface area contributed by atoms with E-state index in [1.807, 2.05) is 0 Å². The number of quaternary nitrogens is 1. The third-order valence-corrected chi connectivity index (χ3v) is 1.50. The van der Waals surface area contributed by atoms with Crippen LogP contribution in [0.4, 0.5) is 4.70 Å². The van der Waals surface area contributed by atoms with Gasteiger partial charge < -0.3 is 4.48 Å². The molecule has 0 aliphatic carbocycles. The zero-order chi connectivity index (χ0) is 8.32. The zero-order valence-electron chi connectivity index (χ0n) is 8.95. The summed E-state index contributed by atoms with van der Waals surface area (Å²) >= 11 is 0. The van der Waals surface area contributed by atoms with Crippen molar-refractivity contribution in [3.8, 4) is 0 Å². The average molecular weight is 171 g/mol. The fraction of sp³-hybridized carbons (Fsp3) is 0.400. The molecule has 2 heteroatoms. The van der Waals surface area contributed by atoms with Crippen LogP contribution in [0.5, 0.6) is 0 Å². The Balaban J connectivity index is 0. The van der Waals surface area contributed by atoms with E-state index in [-0.39, 0.29) is 6.13 Å². The van der Waals surface area contributed by atoms with Crippen LogP contribution in [0, 0.1) is 0 Å². The summed E-state index contributed by atoms with van der Waals surface area (Å²) in [4.78, 5) is 0. The molecule has 1 nitrogen and oxygen atoms in total. The van der Waals surface area contributed by atoms with Crippen LogP contribution in [-0.2, 0) is 6.54 Å². The van der Waals surface area contributed by atoms with Crippen molar-refractivity contribution in [1.29, 1.82) is 0 Å². The van der Waals surface area contributed by atoms with Gasteiger partial charge in [-0.1, -0.05) is 30.3 Å². The van der Waals surface area contributed by atoms with Crippen molar-refractivity contribution in [2.45, 2.75) is 6.54 Å². The highest BCUT2D eigenvalue weighted by Gasteiger charge is 2.06. The molecule has 0 amide bonds. The van der Waals surface area contributed by atoms with Gasteiger partial charge in [0.25, 0.3) is 0 Å². The number of hydrogen-bond donors (Lipinski definition) is 0. The molecule has 0 aromatic heterocycles. The van der Waals surface area contributed by atoms with Crippen molar-refractivity contribution in [1.82, 2.24) is 0 Å². The minimum Gasteiger partial charge on any atom is -0.327 e. The molecule has 0 atom stereocenters. The quantitative estimate of drug-likeness (QED) is 0.598. The smallest absolute Gasteiger partial charge is 0.327 e. The molecule has 0 bridgehead atoms. The van der Waals surface area contributed by atoms with E-state index in [9.17, 15) is 0 Å². The first-order chi connectivity index (χ1) is 5.08. The Morgan fingerprint density at radius 3 is 2.00 bits per heavy atom. The summed E-state index contributed by atoms with van der Waals surface area (Å²) in [5.41, 5.74) is 1.40. The number of benzene rings is 1. The maximum absolute atomic E-state index is 2.20. The van der Waals surface area contributed by atoms with Gasteiger partial charge in [0, 0.05) is 5.56 Å². The van der Waals surface area contributed by atoms with Crippen LogP contribution in [0.2, 0.25) is 0 Å². The minimum absolute atomic E-state index is 0. The van der Waals surface area contributed by atoms with Gasteiger partial charge in [-0.3, -0.25) is 4.70 Å². The highest BCUT2D eigenvalue weighted by Crippen LogP contribution is 2.04. The normalized spacial score (nSPS) is 10.6. The van der Waals surface area contributed by atoms with Gasteiger partial charge in [0.05, 0.1) is 21.1 Å². The molecule has 0 saturated heterocycles. The Labute approximate surface area is 75.1 Å². The van der Waals surface area contributed by atoms with Gasteiger partial charge in [-0.2, -0.15) is 0 Å². The number of halogens is 1. The Kier molecular flexibility index (Phi) is 3.90. The molecule has 0 unspecified atom stereocenters. The summed E-state index contributed by atoms with van der Waals surface area (Å²) in [7, 11) is 6.60. The van der Waals surface area contributed by atoms with E-state index in [1.54, 1.807) is 0 Å². The summed E-state index contributed by atoms with van der Waals surface area (Å²) in [6.07, 6.45) is 0. The van der Waals surface area contributed by atoms with Crippen LogP contribution >= 0.6 is 0 Å². The Hall–Kier alpha value is -0.890. The first-order valence-electron chi connectivity index (χ1n) is 3.92. The SMILES string of the molecule is C[N+](C)(C)Cc1ccccc1.F.[H+]. The average Bonchev–Trinajstić information content (AvgIpc) is 1.85. The first kappa shape index (κ1) is 11.1. The van der Waals surface area contributed by atoms with Crippen molar-refractivity contribution >= 4 is 0 Å². The maximum Gasteiger partial charge on any atom is 1.00 e. The molecule has 0 spiro atoms. The van der Waals surface area contributed by atoms with Crippen LogP contribution < -0.4 is 0 Å². The van der Waals surface area contributed by atoms with Crippen LogP contribution in [0.15, 0.2) is 30.3 Å². The summed E-state index contributed by atoms with van der Waals surface area (Å²) < 4.78 is 0.990. The van der Waals surface area contributed by atoms with Crippen molar-refractivity contribution in [2.24, 2.45) is 0 Å². The van der Waals surface area contributed by atoms with Crippen LogP contribution in [0.3, 0.4) is 0 Å². The lowest BCUT2D eigenvalue weighted by Crippen LogP contribution is -2.33. The van der Waals surface area contributed by atoms with E-state index >= 15 is 0 Å². The number of hydrogen-bond acceptors (Lipinski definition) is 0. The Bertz CT molecular complexity index is 218. The van der Waals surface area contributed by atoms with Gasteiger partial charge in [-0.15, -0.1) is 0 Å². The summed E-state index contributed by atoms with van der Waals surface area (Å²) in [6, 6.07) is 10.6. The maximum atomic E-state index is 2.20. The third kappa shape index (κ3) is 4.09.